The van der Waals surface area contributed by atoms with E-state index in [0.29, 0.717) is 24.8 Å². The van der Waals surface area contributed by atoms with Gasteiger partial charge in [0.05, 0.1) is 5.92 Å². The van der Waals surface area contributed by atoms with E-state index in [2.05, 4.69) is 5.32 Å². The van der Waals surface area contributed by atoms with Crippen molar-refractivity contribution in [2.45, 2.75) is 52.0 Å². The van der Waals surface area contributed by atoms with Crippen molar-refractivity contribution >= 4 is 29.0 Å². The van der Waals surface area contributed by atoms with Crippen LogP contribution in [0.2, 0.25) is 0 Å². The van der Waals surface area contributed by atoms with Gasteiger partial charge in [0, 0.05) is 34.2 Å². The Bertz CT molecular complexity index is 593. The summed E-state index contributed by atoms with van der Waals surface area (Å²) in [5, 5.41) is 11.8. The van der Waals surface area contributed by atoms with Crippen molar-refractivity contribution < 1.29 is 19.5 Å². The number of carboxylic acids is 1. The maximum Gasteiger partial charge on any atom is 0.306 e. The molecule has 1 aliphatic rings. The lowest BCUT2D eigenvalue weighted by molar-refractivity contribution is -0.141. The first-order valence-electron chi connectivity index (χ1n) is 7.49. The highest BCUT2D eigenvalue weighted by Crippen LogP contribution is 2.26. The number of hydrogen-bond acceptors (Lipinski definition) is 4. The maximum atomic E-state index is 12.1. The lowest BCUT2D eigenvalue weighted by atomic mass is 10.1. The highest BCUT2D eigenvalue weighted by molar-refractivity contribution is 7.12. The van der Waals surface area contributed by atoms with Gasteiger partial charge in [-0.05, 0) is 39.2 Å². The van der Waals surface area contributed by atoms with Gasteiger partial charge in [-0.2, -0.15) is 0 Å². The summed E-state index contributed by atoms with van der Waals surface area (Å²) in [7, 11) is 0. The van der Waals surface area contributed by atoms with Crippen LogP contribution in [0.5, 0.6) is 0 Å². The molecule has 0 spiro atoms. The normalized spacial score (nSPS) is 20.8. The van der Waals surface area contributed by atoms with Crippen LogP contribution in [0.15, 0.2) is 6.07 Å². The Morgan fingerprint density at radius 3 is 2.55 bits per heavy atom. The van der Waals surface area contributed by atoms with Crippen molar-refractivity contribution in [2.24, 2.45) is 5.92 Å². The molecule has 1 aromatic rings. The molecule has 2 atom stereocenters. The van der Waals surface area contributed by atoms with Crippen LogP contribution >= 0.6 is 11.3 Å². The molecule has 0 saturated heterocycles. The highest BCUT2D eigenvalue weighted by Gasteiger charge is 2.30. The molecule has 2 N–H and O–H groups in total. The fourth-order valence-electron chi connectivity index (χ4n) is 2.91. The van der Waals surface area contributed by atoms with Gasteiger partial charge in [-0.15, -0.1) is 11.3 Å². The molecular weight excluding hydrogens is 302 g/mol. The SMILES string of the molecule is Cc1cc(C(=O)CCC(=O)N[C@H]2CC[C@@H](C(=O)O)C2)c(C)s1. The lowest BCUT2D eigenvalue weighted by Crippen LogP contribution is -2.33. The second-order valence-electron chi connectivity index (χ2n) is 5.86. The third-order valence-electron chi connectivity index (χ3n) is 4.07. The Hall–Kier alpha value is -1.69. The van der Waals surface area contributed by atoms with Gasteiger partial charge >= 0.3 is 5.97 Å². The fraction of sp³-hybridized carbons (Fsp3) is 0.562. The molecule has 0 radical (unpaired) electrons. The first-order valence-corrected chi connectivity index (χ1v) is 8.31. The van der Waals surface area contributed by atoms with Crippen LogP contribution in [0.1, 0.15) is 52.2 Å². The Morgan fingerprint density at radius 1 is 1.27 bits per heavy atom. The number of carbonyl (C=O) groups is 3. The molecule has 0 aromatic carbocycles. The third-order valence-corrected chi connectivity index (χ3v) is 5.03. The molecule has 1 saturated carbocycles. The van der Waals surface area contributed by atoms with Crippen LogP contribution in [0.3, 0.4) is 0 Å². The number of rotatable bonds is 6. The van der Waals surface area contributed by atoms with Crippen molar-refractivity contribution in [1.82, 2.24) is 5.32 Å². The van der Waals surface area contributed by atoms with Crippen molar-refractivity contribution in [3.63, 3.8) is 0 Å². The first-order chi connectivity index (χ1) is 10.4. The summed E-state index contributed by atoms with van der Waals surface area (Å²) in [5.41, 5.74) is 0.710. The Balaban J connectivity index is 1.77. The molecule has 0 aliphatic heterocycles. The van der Waals surface area contributed by atoms with Crippen LogP contribution in [-0.2, 0) is 9.59 Å². The summed E-state index contributed by atoms with van der Waals surface area (Å²) in [6, 6.07) is 1.79. The second-order valence-corrected chi connectivity index (χ2v) is 7.32. The van der Waals surface area contributed by atoms with Crippen LogP contribution in [0.4, 0.5) is 0 Å². The molecule has 1 heterocycles. The lowest BCUT2D eigenvalue weighted by Gasteiger charge is -2.12. The summed E-state index contributed by atoms with van der Waals surface area (Å²) < 4.78 is 0. The summed E-state index contributed by atoms with van der Waals surface area (Å²) in [6.45, 7) is 3.87. The molecule has 1 aromatic heterocycles. The number of aliphatic carboxylic acids is 1. The average molecular weight is 323 g/mol. The predicted octanol–water partition coefficient (Wildman–Crippen LogP) is 2.70. The molecule has 1 amide bonds. The van der Waals surface area contributed by atoms with Crippen molar-refractivity contribution in [3.05, 3.63) is 21.4 Å². The number of nitrogens with one attached hydrogen (secondary N) is 1. The van der Waals surface area contributed by atoms with Gasteiger partial charge in [-0.25, -0.2) is 0 Å². The standard InChI is InChI=1S/C16H21NO4S/c1-9-7-13(10(2)22-9)14(18)5-6-15(19)17-12-4-3-11(8-12)16(20)21/h7,11-12H,3-6,8H2,1-2H3,(H,17,19)(H,20,21)/t11-,12+/m1/s1. The largest absolute Gasteiger partial charge is 0.481 e. The van der Waals surface area contributed by atoms with Crippen LogP contribution in [0, 0.1) is 19.8 Å². The van der Waals surface area contributed by atoms with E-state index in [0.717, 1.165) is 9.75 Å². The Labute approximate surface area is 133 Å². The van der Waals surface area contributed by atoms with Crippen LogP contribution in [0.25, 0.3) is 0 Å². The molecule has 6 heteroatoms. The number of thiophene rings is 1. The summed E-state index contributed by atoms with van der Waals surface area (Å²) >= 11 is 1.58. The molecule has 1 aliphatic carbocycles. The maximum absolute atomic E-state index is 12.1. The van der Waals surface area contributed by atoms with E-state index in [9.17, 15) is 14.4 Å². The van der Waals surface area contributed by atoms with E-state index >= 15 is 0 Å². The quantitative estimate of drug-likeness (QED) is 0.788. The molecule has 2 rings (SSSR count). The molecule has 22 heavy (non-hydrogen) atoms. The van der Waals surface area contributed by atoms with E-state index < -0.39 is 5.97 Å². The number of amides is 1. The number of carboxylic acid groups (broad SMARTS) is 1. The van der Waals surface area contributed by atoms with Crippen LogP contribution < -0.4 is 5.32 Å². The molecule has 1 fully saturated rings. The van der Waals surface area contributed by atoms with Gasteiger partial charge in [0.1, 0.15) is 0 Å². The number of carbonyl (C=O) groups excluding carboxylic acids is 2. The van der Waals surface area contributed by atoms with Gasteiger partial charge in [-0.1, -0.05) is 0 Å². The predicted molar refractivity (Wildman–Crippen MR) is 84.3 cm³/mol. The number of hydrogen-bond donors (Lipinski definition) is 2. The number of Topliss-reactive ketones (excluding diaryl/α,β-unsaturated/α-hetero) is 1. The van der Waals surface area contributed by atoms with Gasteiger partial charge in [0.15, 0.2) is 5.78 Å². The van der Waals surface area contributed by atoms with E-state index in [1.54, 1.807) is 11.3 Å². The van der Waals surface area contributed by atoms with Gasteiger partial charge in [0.25, 0.3) is 0 Å². The molecule has 5 nitrogen and oxygen atoms in total. The topological polar surface area (TPSA) is 83.5 Å². The van der Waals surface area contributed by atoms with Crippen LogP contribution in [-0.4, -0.2) is 28.8 Å². The Kier molecular flexibility index (Phi) is 5.34. The summed E-state index contributed by atoms with van der Waals surface area (Å²) in [4.78, 5) is 37.0. The first kappa shape index (κ1) is 16.7. The fourth-order valence-corrected chi connectivity index (χ4v) is 3.85. The Morgan fingerprint density at radius 2 is 2.00 bits per heavy atom. The molecular formula is C16H21NO4S. The second kappa shape index (κ2) is 7.05. The number of aryl methyl sites for hydroxylation is 2. The minimum absolute atomic E-state index is 0.00756. The van der Waals surface area contributed by atoms with E-state index in [1.807, 2.05) is 19.9 Å². The van der Waals surface area contributed by atoms with Gasteiger partial charge in [-0.3, -0.25) is 14.4 Å². The third kappa shape index (κ3) is 4.16. The van der Waals surface area contributed by atoms with E-state index in [1.165, 1.54) is 0 Å². The minimum atomic E-state index is -0.796. The highest BCUT2D eigenvalue weighted by atomic mass is 32.1. The smallest absolute Gasteiger partial charge is 0.306 e. The van der Waals surface area contributed by atoms with E-state index in [-0.39, 0.29) is 36.5 Å². The van der Waals surface area contributed by atoms with Gasteiger partial charge in [0.2, 0.25) is 5.91 Å². The summed E-state index contributed by atoms with van der Waals surface area (Å²) in [5.74, 6) is -1.33. The van der Waals surface area contributed by atoms with Crippen molar-refractivity contribution in [3.8, 4) is 0 Å². The zero-order valence-corrected chi connectivity index (χ0v) is 13.7. The monoisotopic (exact) mass is 323 g/mol. The minimum Gasteiger partial charge on any atom is -0.481 e. The zero-order chi connectivity index (χ0) is 16.3. The molecule has 0 unspecified atom stereocenters. The number of ketones is 1. The average Bonchev–Trinajstić information content (AvgIpc) is 3.03. The van der Waals surface area contributed by atoms with E-state index in [4.69, 9.17) is 5.11 Å². The summed E-state index contributed by atoms with van der Waals surface area (Å²) in [6.07, 6.45) is 2.13. The van der Waals surface area contributed by atoms with Crippen molar-refractivity contribution in [1.29, 1.82) is 0 Å². The molecule has 0 bridgehead atoms. The van der Waals surface area contributed by atoms with Gasteiger partial charge < -0.3 is 10.4 Å². The molecule has 120 valence electrons. The van der Waals surface area contributed by atoms with Crippen molar-refractivity contribution in [2.75, 3.05) is 0 Å². The zero-order valence-electron chi connectivity index (χ0n) is 12.8.